The second-order valence-corrected chi connectivity index (χ2v) is 0.913. The van der Waals surface area contributed by atoms with Gasteiger partial charge in [0.25, 0.3) is 0 Å². The first-order valence-electron chi connectivity index (χ1n) is 1.56. The summed E-state index contributed by atoms with van der Waals surface area (Å²) in [6, 6.07) is 0. The van der Waals surface area contributed by atoms with Crippen LogP contribution in [-0.2, 0) is 4.79 Å². The van der Waals surface area contributed by atoms with E-state index in [0.29, 0.717) is 6.26 Å². The van der Waals surface area contributed by atoms with E-state index in [1.54, 1.807) is 0 Å². The molecule has 0 heterocycles. The van der Waals surface area contributed by atoms with Gasteiger partial charge in [0.15, 0.2) is 5.78 Å². The third-order valence-electron chi connectivity index (χ3n) is 0.303. The highest BCUT2D eigenvalue weighted by Crippen LogP contribution is 1.64. The largest absolute Gasteiger partial charge is 0.878 e. The van der Waals surface area contributed by atoms with Crippen molar-refractivity contribution in [2.24, 2.45) is 0 Å². The zero-order valence-corrected chi connectivity index (χ0v) is 3.47. The number of carbonyl (C=O) groups excluding carboxylic acids is 1. The second kappa shape index (κ2) is 2.45. The molecule has 0 N–H and O–H groups in total. The molecule has 0 unspecified atom stereocenters. The van der Waals surface area contributed by atoms with E-state index in [9.17, 15) is 9.90 Å². The minimum absolute atomic E-state index is 0.204. The molecule has 0 aromatic heterocycles. The van der Waals surface area contributed by atoms with Gasteiger partial charge >= 0.3 is 0 Å². The Labute approximate surface area is 36.1 Å². The molecule has 0 amide bonds. The van der Waals surface area contributed by atoms with Gasteiger partial charge in [-0.05, 0) is 13.0 Å². The van der Waals surface area contributed by atoms with Gasteiger partial charge in [0.1, 0.15) is 0 Å². The molecule has 0 atom stereocenters. The Morgan fingerprint density at radius 3 is 2.33 bits per heavy atom. The number of hydrogen-bond acceptors (Lipinski definition) is 2. The normalized spacial score (nSPS) is 9.50. The van der Waals surface area contributed by atoms with E-state index < -0.39 is 0 Å². The first kappa shape index (κ1) is 5.21. The lowest BCUT2D eigenvalue weighted by Crippen LogP contribution is -1.88. The molecular formula is C4H5O2-. The highest BCUT2D eigenvalue weighted by atomic mass is 16.2. The molecule has 2 nitrogen and oxygen atoms in total. The average Bonchev–Trinajstić information content (AvgIpc) is 1.35. The fourth-order valence-corrected chi connectivity index (χ4v) is 0.0958. The van der Waals surface area contributed by atoms with Crippen molar-refractivity contribution >= 4 is 5.78 Å². The van der Waals surface area contributed by atoms with Crippen molar-refractivity contribution in [2.45, 2.75) is 6.92 Å². The first-order chi connectivity index (χ1) is 2.77. The Balaban J connectivity index is 3.30. The topological polar surface area (TPSA) is 40.1 Å². The molecule has 0 rings (SSSR count). The maximum atomic E-state index is 9.76. The molecular weight excluding hydrogens is 80.0 g/mol. The van der Waals surface area contributed by atoms with Gasteiger partial charge in [-0.1, -0.05) is 0 Å². The van der Waals surface area contributed by atoms with Gasteiger partial charge in [-0.25, -0.2) is 0 Å². The molecule has 0 saturated heterocycles. The lowest BCUT2D eigenvalue weighted by atomic mass is 10.4. The van der Waals surface area contributed by atoms with Gasteiger partial charge in [-0.3, -0.25) is 4.79 Å². The van der Waals surface area contributed by atoms with Crippen LogP contribution in [0.1, 0.15) is 6.92 Å². The van der Waals surface area contributed by atoms with Crippen LogP contribution in [0.5, 0.6) is 0 Å². The molecule has 0 bridgehead atoms. The number of ketones is 1. The fraction of sp³-hybridized carbons (Fsp3) is 0.250. The van der Waals surface area contributed by atoms with Crippen molar-refractivity contribution in [3.05, 3.63) is 12.3 Å². The highest BCUT2D eigenvalue weighted by molar-refractivity contribution is 5.86. The molecule has 0 aromatic carbocycles. The lowest BCUT2D eigenvalue weighted by molar-refractivity contribution is -0.274. The third kappa shape index (κ3) is 3.21. The number of carbonyl (C=O) groups is 1. The molecule has 0 radical (unpaired) electrons. The van der Waals surface area contributed by atoms with E-state index in [4.69, 9.17) is 0 Å². The molecule has 0 saturated carbocycles. The fourth-order valence-electron chi connectivity index (χ4n) is 0.0958. The van der Waals surface area contributed by atoms with E-state index in [0.717, 1.165) is 6.08 Å². The Morgan fingerprint density at radius 1 is 1.83 bits per heavy atom. The van der Waals surface area contributed by atoms with Gasteiger partial charge < -0.3 is 5.11 Å². The van der Waals surface area contributed by atoms with E-state index in [1.165, 1.54) is 6.92 Å². The van der Waals surface area contributed by atoms with Crippen LogP contribution >= 0.6 is 0 Å². The third-order valence-corrected chi connectivity index (χ3v) is 0.303. The predicted molar refractivity (Wildman–Crippen MR) is 19.8 cm³/mol. The van der Waals surface area contributed by atoms with Crippen molar-refractivity contribution in [1.29, 1.82) is 0 Å². The maximum absolute atomic E-state index is 9.76. The highest BCUT2D eigenvalue weighted by Gasteiger charge is 1.71. The minimum atomic E-state index is -0.204. The zero-order chi connectivity index (χ0) is 4.99. The van der Waals surface area contributed by atoms with Crippen LogP contribution in [0.4, 0.5) is 0 Å². The lowest BCUT2D eigenvalue weighted by Gasteiger charge is -1.81. The van der Waals surface area contributed by atoms with Crippen molar-refractivity contribution < 1.29 is 9.90 Å². The van der Waals surface area contributed by atoms with Crippen molar-refractivity contribution in [3.8, 4) is 0 Å². The maximum Gasteiger partial charge on any atom is 0.151 e. The van der Waals surface area contributed by atoms with Gasteiger partial charge in [0.05, 0.1) is 0 Å². The number of allylic oxidation sites excluding steroid dienone is 1. The molecule has 34 valence electrons. The quantitative estimate of drug-likeness (QED) is 0.316. The van der Waals surface area contributed by atoms with Crippen molar-refractivity contribution in [1.82, 2.24) is 0 Å². The van der Waals surface area contributed by atoms with E-state index >= 15 is 0 Å². The summed E-state index contributed by atoms with van der Waals surface area (Å²) in [5, 5.41) is 9.34. The molecule has 0 spiro atoms. The van der Waals surface area contributed by atoms with Crippen LogP contribution in [0.15, 0.2) is 12.3 Å². The van der Waals surface area contributed by atoms with Gasteiger partial charge in [-0.15, -0.1) is 6.26 Å². The predicted octanol–water partition coefficient (Wildman–Crippen LogP) is -0.551. The monoisotopic (exact) mass is 85.0 g/mol. The number of rotatable bonds is 1. The van der Waals surface area contributed by atoms with Gasteiger partial charge in [0.2, 0.25) is 0 Å². The summed E-state index contributed by atoms with van der Waals surface area (Å²) in [5.74, 6) is -0.204. The summed E-state index contributed by atoms with van der Waals surface area (Å²) in [6.07, 6.45) is 1.45. The molecule has 6 heavy (non-hydrogen) atoms. The van der Waals surface area contributed by atoms with Crippen molar-refractivity contribution in [3.63, 3.8) is 0 Å². The van der Waals surface area contributed by atoms with Crippen LogP contribution in [0, 0.1) is 0 Å². The van der Waals surface area contributed by atoms with Gasteiger partial charge in [0, 0.05) is 0 Å². The standard InChI is InChI=1S/C4H6O2/c1-4(6)2-3-5/h2-3,5H,1H3/p-1. The second-order valence-electron chi connectivity index (χ2n) is 0.913. The van der Waals surface area contributed by atoms with Crippen LogP contribution in [0.2, 0.25) is 0 Å². The average molecular weight is 85.1 g/mol. The molecule has 0 aliphatic heterocycles. The summed E-state index contributed by atoms with van der Waals surface area (Å²) in [7, 11) is 0. The summed E-state index contributed by atoms with van der Waals surface area (Å²) in [5.41, 5.74) is 0. The Morgan fingerprint density at radius 2 is 2.33 bits per heavy atom. The molecule has 2 heteroatoms. The minimum Gasteiger partial charge on any atom is -0.878 e. The molecule has 0 aliphatic rings. The summed E-state index contributed by atoms with van der Waals surface area (Å²) < 4.78 is 0. The molecule has 0 aliphatic carbocycles. The zero-order valence-electron chi connectivity index (χ0n) is 3.47. The summed E-state index contributed by atoms with van der Waals surface area (Å²) in [4.78, 5) is 9.76. The van der Waals surface area contributed by atoms with E-state index in [-0.39, 0.29) is 5.78 Å². The summed E-state index contributed by atoms with van der Waals surface area (Å²) in [6.45, 7) is 1.33. The Bertz CT molecular complexity index is 73.6. The Kier molecular flexibility index (Phi) is 2.13. The summed E-state index contributed by atoms with van der Waals surface area (Å²) >= 11 is 0. The molecule has 0 fully saturated rings. The SMILES string of the molecule is CC(=O)C=C[O-]. The van der Waals surface area contributed by atoms with Crippen LogP contribution in [-0.4, -0.2) is 5.78 Å². The van der Waals surface area contributed by atoms with Crippen LogP contribution in [0.25, 0.3) is 0 Å². The Hall–Kier alpha value is -0.790. The van der Waals surface area contributed by atoms with Crippen molar-refractivity contribution in [2.75, 3.05) is 0 Å². The van der Waals surface area contributed by atoms with Crippen LogP contribution in [0.3, 0.4) is 0 Å². The van der Waals surface area contributed by atoms with Gasteiger partial charge in [-0.2, -0.15) is 0 Å². The smallest absolute Gasteiger partial charge is 0.151 e. The number of hydrogen-bond donors (Lipinski definition) is 0. The molecule has 0 aromatic rings. The first-order valence-corrected chi connectivity index (χ1v) is 1.56. The van der Waals surface area contributed by atoms with E-state index in [2.05, 4.69) is 0 Å². The van der Waals surface area contributed by atoms with Crippen LogP contribution < -0.4 is 5.11 Å². The van der Waals surface area contributed by atoms with E-state index in [1.807, 2.05) is 0 Å².